The molecule has 0 saturated carbocycles. The largest absolute Gasteiger partial charge is 0.375 e. The van der Waals surface area contributed by atoms with E-state index in [4.69, 9.17) is 4.74 Å². The summed E-state index contributed by atoms with van der Waals surface area (Å²) in [7, 11) is -4.04. The number of sulfonamides is 1. The number of rotatable bonds is 5. The number of hydrogen-bond acceptors (Lipinski definition) is 4. The minimum atomic E-state index is -4.04. The van der Waals surface area contributed by atoms with Gasteiger partial charge in [-0.1, -0.05) is 6.08 Å². The maximum atomic E-state index is 13.9. The number of halogens is 1. The van der Waals surface area contributed by atoms with Crippen LogP contribution in [-0.4, -0.2) is 51.6 Å². The third-order valence-electron chi connectivity index (χ3n) is 3.41. The van der Waals surface area contributed by atoms with Crippen molar-refractivity contribution >= 4 is 15.9 Å². The lowest BCUT2D eigenvalue weighted by molar-refractivity contribution is -0.0124. The quantitative estimate of drug-likeness (QED) is 0.815. The van der Waals surface area contributed by atoms with Gasteiger partial charge in [0.05, 0.1) is 12.7 Å². The van der Waals surface area contributed by atoms with Crippen LogP contribution in [-0.2, 0) is 14.8 Å². The van der Waals surface area contributed by atoms with Crippen LogP contribution in [0.2, 0.25) is 0 Å². The minimum Gasteiger partial charge on any atom is -0.375 e. The molecule has 1 heterocycles. The highest BCUT2D eigenvalue weighted by atomic mass is 32.2. The van der Waals surface area contributed by atoms with Crippen LogP contribution in [0.4, 0.5) is 4.39 Å². The highest BCUT2D eigenvalue weighted by molar-refractivity contribution is 7.89. The Hall–Kier alpha value is -1.77. The number of amides is 1. The van der Waals surface area contributed by atoms with Gasteiger partial charge in [0.25, 0.3) is 5.91 Å². The average molecular weight is 342 g/mol. The van der Waals surface area contributed by atoms with Crippen molar-refractivity contribution in [3.8, 4) is 0 Å². The number of carbonyl (C=O) groups excluding carboxylic acids is 1. The number of hydrogen-bond donors (Lipinski definition) is 1. The molecule has 126 valence electrons. The Morgan fingerprint density at radius 2 is 2.30 bits per heavy atom. The zero-order valence-corrected chi connectivity index (χ0v) is 13.6. The lowest BCUT2D eigenvalue weighted by Gasteiger charge is -2.31. The predicted octanol–water partition coefficient (Wildman–Crippen LogP) is 1.15. The van der Waals surface area contributed by atoms with Crippen molar-refractivity contribution in [3.05, 3.63) is 42.2 Å². The molecule has 0 aromatic heterocycles. The van der Waals surface area contributed by atoms with Crippen molar-refractivity contribution in [2.45, 2.75) is 17.9 Å². The summed E-state index contributed by atoms with van der Waals surface area (Å²) in [6.45, 7) is 6.46. The lowest BCUT2D eigenvalue weighted by Crippen LogP contribution is -2.44. The summed E-state index contributed by atoms with van der Waals surface area (Å²) < 4.78 is 45.6. The van der Waals surface area contributed by atoms with Crippen molar-refractivity contribution in [3.63, 3.8) is 0 Å². The second-order valence-electron chi connectivity index (χ2n) is 5.22. The molecule has 8 heteroatoms. The molecule has 0 aliphatic carbocycles. The van der Waals surface area contributed by atoms with Crippen molar-refractivity contribution in [1.82, 2.24) is 9.62 Å². The smallest absolute Gasteiger partial charge is 0.254 e. The Morgan fingerprint density at radius 1 is 1.57 bits per heavy atom. The Bertz CT molecular complexity index is 705. The van der Waals surface area contributed by atoms with Gasteiger partial charge >= 0.3 is 0 Å². The first-order valence-electron chi connectivity index (χ1n) is 7.16. The number of nitrogens with zero attached hydrogens (tertiary/aromatic N) is 1. The molecule has 0 radical (unpaired) electrons. The van der Waals surface area contributed by atoms with Crippen LogP contribution in [0.3, 0.4) is 0 Å². The third-order valence-corrected chi connectivity index (χ3v) is 4.85. The van der Waals surface area contributed by atoms with Gasteiger partial charge in [0.1, 0.15) is 10.7 Å². The molecule has 1 aliphatic rings. The van der Waals surface area contributed by atoms with Gasteiger partial charge in [-0.05, 0) is 25.1 Å². The number of benzene rings is 1. The van der Waals surface area contributed by atoms with Crippen LogP contribution in [0.25, 0.3) is 0 Å². The predicted molar refractivity (Wildman–Crippen MR) is 83.1 cm³/mol. The van der Waals surface area contributed by atoms with Crippen molar-refractivity contribution < 1.29 is 22.3 Å². The van der Waals surface area contributed by atoms with Gasteiger partial charge in [0, 0.05) is 25.2 Å². The molecule has 23 heavy (non-hydrogen) atoms. The van der Waals surface area contributed by atoms with E-state index in [1.165, 1.54) is 12.1 Å². The van der Waals surface area contributed by atoms with Crippen LogP contribution in [0.5, 0.6) is 0 Å². The fourth-order valence-electron chi connectivity index (χ4n) is 2.27. The average Bonchev–Trinajstić information content (AvgIpc) is 2.52. The van der Waals surface area contributed by atoms with E-state index in [1.807, 2.05) is 6.92 Å². The first-order chi connectivity index (χ1) is 10.8. The van der Waals surface area contributed by atoms with Crippen molar-refractivity contribution in [1.29, 1.82) is 0 Å². The van der Waals surface area contributed by atoms with E-state index < -0.39 is 20.7 Å². The molecule has 1 unspecified atom stereocenters. The molecule has 0 bridgehead atoms. The number of ether oxygens (including phenoxy) is 1. The standard InChI is InChI=1S/C15H19FN2O4S/c1-3-6-17-23(20,21)14-9-12(4-5-13(14)16)15(19)18-7-8-22-11(2)10-18/h3-5,9,11,17H,1,6-8,10H2,2H3. The molecule has 1 fully saturated rings. The molecule has 1 aromatic rings. The van der Waals surface area contributed by atoms with Gasteiger partial charge < -0.3 is 9.64 Å². The molecular weight excluding hydrogens is 323 g/mol. The van der Waals surface area contributed by atoms with Crippen molar-refractivity contribution in [2.24, 2.45) is 0 Å². The highest BCUT2D eigenvalue weighted by Crippen LogP contribution is 2.18. The summed E-state index contributed by atoms with van der Waals surface area (Å²) in [5.74, 6) is -1.26. The topological polar surface area (TPSA) is 75.7 Å². The summed E-state index contributed by atoms with van der Waals surface area (Å²) in [6.07, 6.45) is 1.25. The van der Waals surface area contributed by atoms with Crippen LogP contribution >= 0.6 is 0 Å². The van der Waals surface area contributed by atoms with E-state index in [0.717, 1.165) is 12.1 Å². The van der Waals surface area contributed by atoms with Gasteiger partial charge in [-0.25, -0.2) is 17.5 Å². The van der Waals surface area contributed by atoms with E-state index >= 15 is 0 Å². The summed E-state index contributed by atoms with van der Waals surface area (Å²) in [6, 6.07) is 3.33. The van der Waals surface area contributed by atoms with Crippen molar-refractivity contribution in [2.75, 3.05) is 26.2 Å². The fraction of sp³-hybridized carbons (Fsp3) is 0.400. The summed E-state index contributed by atoms with van der Waals surface area (Å²) in [5, 5.41) is 0. The van der Waals surface area contributed by atoms with E-state index in [0.29, 0.717) is 19.7 Å². The Labute approximate surface area is 135 Å². The van der Waals surface area contributed by atoms with Crippen LogP contribution in [0.1, 0.15) is 17.3 Å². The normalized spacial score (nSPS) is 18.7. The fourth-order valence-corrected chi connectivity index (χ4v) is 3.37. The molecule has 6 nitrogen and oxygen atoms in total. The molecule has 1 aliphatic heterocycles. The van der Waals surface area contributed by atoms with Crippen LogP contribution < -0.4 is 4.72 Å². The van der Waals surface area contributed by atoms with Gasteiger partial charge in [-0.2, -0.15) is 0 Å². The second kappa shape index (κ2) is 7.20. The number of carbonyl (C=O) groups is 1. The molecular formula is C15H19FN2O4S. The van der Waals surface area contributed by atoms with E-state index in [1.54, 1.807) is 4.90 Å². The number of morpholine rings is 1. The summed E-state index contributed by atoms with van der Waals surface area (Å²) in [5.41, 5.74) is 0.125. The van der Waals surface area contributed by atoms with E-state index in [2.05, 4.69) is 11.3 Å². The monoisotopic (exact) mass is 342 g/mol. The Kier molecular flexibility index (Phi) is 5.51. The molecule has 1 atom stereocenters. The third kappa shape index (κ3) is 4.15. The maximum absolute atomic E-state index is 13.9. The first-order valence-corrected chi connectivity index (χ1v) is 8.64. The van der Waals surface area contributed by atoms with Crippen LogP contribution in [0, 0.1) is 5.82 Å². The Balaban J connectivity index is 2.29. The van der Waals surface area contributed by atoms with E-state index in [-0.39, 0.29) is 24.1 Å². The Morgan fingerprint density at radius 3 is 2.96 bits per heavy atom. The van der Waals surface area contributed by atoms with Gasteiger partial charge in [-0.15, -0.1) is 6.58 Å². The summed E-state index contributed by atoms with van der Waals surface area (Å²) in [4.78, 5) is 13.5. The van der Waals surface area contributed by atoms with E-state index in [9.17, 15) is 17.6 Å². The first kappa shape index (κ1) is 17.6. The zero-order chi connectivity index (χ0) is 17.0. The van der Waals surface area contributed by atoms with Gasteiger partial charge in [-0.3, -0.25) is 4.79 Å². The van der Waals surface area contributed by atoms with Crippen LogP contribution in [0.15, 0.2) is 35.7 Å². The highest BCUT2D eigenvalue weighted by Gasteiger charge is 2.25. The minimum absolute atomic E-state index is 0.0269. The molecule has 1 N–H and O–H groups in total. The maximum Gasteiger partial charge on any atom is 0.254 e. The molecule has 1 amide bonds. The lowest BCUT2D eigenvalue weighted by atomic mass is 10.1. The second-order valence-corrected chi connectivity index (χ2v) is 6.95. The number of nitrogens with one attached hydrogen (secondary N) is 1. The zero-order valence-electron chi connectivity index (χ0n) is 12.8. The SMILES string of the molecule is C=CCNS(=O)(=O)c1cc(C(=O)N2CCOC(C)C2)ccc1F. The molecule has 2 rings (SSSR count). The summed E-state index contributed by atoms with van der Waals surface area (Å²) >= 11 is 0. The molecule has 0 spiro atoms. The molecule has 1 saturated heterocycles. The van der Waals surface area contributed by atoms with Gasteiger partial charge in [0.15, 0.2) is 0 Å². The molecule has 1 aromatic carbocycles. The van der Waals surface area contributed by atoms with Gasteiger partial charge in [0.2, 0.25) is 10.0 Å².